The van der Waals surface area contributed by atoms with Gasteiger partial charge in [-0.15, -0.1) is 0 Å². The molecule has 2 aromatic rings. The number of rotatable bonds is 2. The maximum Gasteiger partial charge on any atom is 0.287 e. The van der Waals surface area contributed by atoms with Crippen LogP contribution < -0.4 is 10.9 Å². The third-order valence-electron chi connectivity index (χ3n) is 3.62. The zero-order valence-corrected chi connectivity index (χ0v) is 12.4. The van der Waals surface area contributed by atoms with Crippen LogP contribution in [0.2, 0.25) is 10.0 Å². The Kier molecular flexibility index (Phi) is 3.44. The number of aromatic nitrogens is 2. The van der Waals surface area contributed by atoms with E-state index >= 15 is 0 Å². The molecule has 20 heavy (non-hydrogen) atoms. The molecule has 1 aromatic carbocycles. The molecule has 0 bridgehead atoms. The van der Waals surface area contributed by atoms with E-state index in [0.717, 1.165) is 23.4 Å². The first-order valence-corrected chi connectivity index (χ1v) is 7.09. The van der Waals surface area contributed by atoms with Crippen molar-refractivity contribution in [2.45, 2.75) is 18.9 Å². The van der Waals surface area contributed by atoms with E-state index in [-0.39, 0.29) is 16.6 Å². The van der Waals surface area contributed by atoms with Crippen molar-refractivity contribution in [3.63, 3.8) is 0 Å². The molecule has 104 valence electrons. The van der Waals surface area contributed by atoms with Crippen molar-refractivity contribution in [3.8, 4) is 0 Å². The first kappa shape index (κ1) is 13.5. The van der Waals surface area contributed by atoms with Crippen LogP contribution in [0.4, 0.5) is 5.69 Å². The molecule has 0 radical (unpaired) electrons. The summed E-state index contributed by atoms with van der Waals surface area (Å²) < 4.78 is 1.22. The second kappa shape index (κ2) is 5.11. The highest BCUT2D eigenvalue weighted by atomic mass is 35.5. The molecule has 1 heterocycles. The lowest BCUT2D eigenvalue weighted by molar-refractivity contribution is 0.702. The smallest absolute Gasteiger partial charge is 0.287 e. The van der Waals surface area contributed by atoms with Gasteiger partial charge in [-0.1, -0.05) is 35.3 Å². The van der Waals surface area contributed by atoms with Crippen LogP contribution in [0.5, 0.6) is 0 Å². The van der Waals surface area contributed by atoms with Crippen molar-refractivity contribution in [2.24, 2.45) is 7.05 Å². The van der Waals surface area contributed by atoms with E-state index < -0.39 is 0 Å². The maximum absolute atomic E-state index is 11.8. The quantitative estimate of drug-likeness (QED) is 0.926. The third kappa shape index (κ3) is 2.19. The van der Waals surface area contributed by atoms with Crippen LogP contribution in [0, 0.1) is 0 Å². The van der Waals surface area contributed by atoms with Crippen molar-refractivity contribution >= 4 is 28.9 Å². The Morgan fingerprint density at radius 1 is 1.40 bits per heavy atom. The van der Waals surface area contributed by atoms with E-state index in [0.29, 0.717) is 5.69 Å². The lowest BCUT2D eigenvalue weighted by Gasteiger charge is -2.16. The Bertz CT molecular complexity index is 727. The van der Waals surface area contributed by atoms with E-state index in [1.807, 2.05) is 18.2 Å². The van der Waals surface area contributed by atoms with Gasteiger partial charge in [-0.2, -0.15) is 5.10 Å². The molecular formula is C14H13Cl2N3O. The molecule has 0 saturated heterocycles. The number of halogens is 2. The lowest BCUT2D eigenvalue weighted by atomic mass is 10.1. The summed E-state index contributed by atoms with van der Waals surface area (Å²) in [6.07, 6.45) is 3.42. The molecular weight excluding hydrogens is 297 g/mol. The number of hydrogen-bond acceptors (Lipinski definition) is 3. The minimum Gasteiger partial charge on any atom is -0.376 e. The van der Waals surface area contributed by atoms with E-state index in [1.54, 1.807) is 13.2 Å². The molecule has 4 nitrogen and oxygen atoms in total. The number of aryl methyl sites for hydroxylation is 1. The lowest BCUT2D eigenvalue weighted by Crippen LogP contribution is -2.21. The number of nitrogens with zero attached hydrogens (tertiary/aromatic N) is 2. The van der Waals surface area contributed by atoms with Gasteiger partial charge in [0.05, 0.1) is 17.9 Å². The number of anilines is 1. The molecule has 1 N–H and O–H groups in total. The van der Waals surface area contributed by atoms with Crippen molar-refractivity contribution in [3.05, 3.63) is 55.9 Å². The van der Waals surface area contributed by atoms with Crippen LogP contribution in [-0.2, 0) is 13.5 Å². The summed E-state index contributed by atoms with van der Waals surface area (Å²) in [6.45, 7) is 0. The molecule has 0 amide bonds. The maximum atomic E-state index is 11.8. The Morgan fingerprint density at radius 2 is 2.20 bits per heavy atom. The molecule has 1 atom stereocenters. The molecule has 0 aliphatic heterocycles. The van der Waals surface area contributed by atoms with Gasteiger partial charge in [0.25, 0.3) is 5.56 Å². The molecule has 0 fully saturated rings. The average molecular weight is 310 g/mol. The Labute approximate surface area is 126 Å². The summed E-state index contributed by atoms with van der Waals surface area (Å²) in [5, 5.41) is 8.24. The van der Waals surface area contributed by atoms with Crippen molar-refractivity contribution in [1.29, 1.82) is 0 Å². The fraction of sp³-hybridized carbons (Fsp3) is 0.286. The molecule has 0 spiro atoms. The van der Waals surface area contributed by atoms with Crippen molar-refractivity contribution < 1.29 is 0 Å². The molecule has 1 aliphatic rings. The molecule has 0 saturated carbocycles. The topological polar surface area (TPSA) is 46.9 Å². The fourth-order valence-corrected chi connectivity index (χ4v) is 3.06. The van der Waals surface area contributed by atoms with E-state index in [4.69, 9.17) is 23.2 Å². The Morgan fingerprint density at radius 3 is 3.00 bits per heavy atom. The molecule has 6 heteroatoms. The zero-order chi connectivity index (χ0) is 14.3. The first-order valence-electron chi connectivity index (χ1n) is 6.33. The van der Waals surface area contributed by atoms with Crippen LogP contribution in [-0.4, -0.2) is 9.78 Å². The number of hydrogen-bond donors (Lipinski definition) is 1. The Hall–Kier alpha value is -1.52. The predicted octanol–water partition coefficient (Wildman–Crippen LogP) is 3.19. The normalized spacial score (nSPS) is 17.1. The van der Waals surface area contributed by atoms with Gasteiger partial charge in [0.1, 0.15) is 5.02 Å². The highest BCUT2D eigenvalue weighted by Gasteiger charge is 2.25. The Balaban J connectivity index is 1.94. The van der Waals surface area contributed by atoms with Gasteiger partial charge >= 0.3 is 0 Å². The zero-order valence-electron chi connectivity index (χ0n) is 10.9. The largest absolute Gasteiger partial charge is 0.376 e. The molecule has 1 aromatic heterocycles. The van der Waals surface area contributed by atoms with Gasteiger partial charge < -0.3 is 5.32 Å². The number of benzene rings is 1. The second-order valence-electron chi connectivity index (χ2n) is 4.84. The van der Waals surface area contributed by atoms with Gasteiger partial charge in [-0.3, -0.25) is 4.79 Å². The van der Waals surface area contributed by atoms with Gasteiger partial charge in [0.15, 0.2) is 0 Å². The third-order valence-corrected chi connectivity index (χ3v) is 4.34. The van der Waals surface area contributed by atoms with Crippen molar-refractivity contribution in [2.75, 3.05) is 5.32 Å². The fourth-order valence-electron chi connectivity index (χ4n) is 2.56. The minimum atomic E-state index is -0.305. The summed E-state index contributed by atoms with van der Waals surface area (Å²) in [5.74, 6) is 0. The second-order valence-corrected chi connectivity index (χ2v) is 5.63. The van der Waals surface area contributed by atoms with E-state index in [1.165, 1.54) is 10.2 Å². The average Bonchev–Trinajstić information content (AvgIpc) is 2.84. The molecule has 0 unspecified atom stereocenters. The summed E-state index contributed by atoms with van der Waals surface area (Å²) >= 11 is 12.3. The highest BCUT2D eigenvalue weighted by Crippen LogP contribution is 2.37. The van der Waals surface area contributed by atoms with Gasteiger partial charge in [0.2, 0.25) is 0 Å². The summed E-state index contributed by atoms with van der Waals surface area (Å²) in [5.41, 5.74) is 2.59. The SMILES string of the molecule is Cn1ncc(N[C@@H]2CCc3c(Cl)cccc32)c(Cl)c1=O. The minimum absolute atomic E-state index is 0.107. The van der Waals surface area contributed by atoms with E-state index in [9.17, 15) is 4.79 Å². The van der Waals surface area contributed by atoms with Crippen LogP contribution in [0.25, 0.3) is 0 Å². The van der Waals surface area contributed by atoms with Crippen molar-refractivity contribution in [1.82, 2.24) is 9.78 Å². The standard InChI is InChI=1S/C14H13Cl2N3O/c1-19-14(20)13(16)12(7-17-19)18-11-6-5-8-9(11)3-2-4-10(8)15/h2-4,7,11,18H,5-6H2,1H3/t11-/m1/s1. The van der Waals surface area contributed by atoms with Crippen LogP contribution in [0.1, 0.15) is 23.6 Å². The van der Waals surface area contributed by atoms with Crippen LogP contribution >= 0.6 is 23.2 Å². The van der Waals surface area contributed by atoms with Gasteiger partial charge in [-0.25, -0.2) is 4.68 Å². The summed E-state index contributed by atoms with van der Waals surface area (Å²) in [4.78, 5) is 11.8. The van der Waals surface area contributed by atoms with Crippen LogP contribution in [0.15, 0.2) is 29.2 Å². The molecule has 1 aliphatic carbocycles. The molecule has 3 rings (SSSR count). The highest BCUT2D eigenvalue weighted by molar-refractivity contribution is 6.33. The number of nitrogens with one attached hydrogen (secondary N) is 1. The van der Waals surface area contributed by atoms with E-state index in [2.05, 4.69) is 10.4 Å². The first-order chi connectivity index (χ1) is 9.58. The predicted molar refractivity (Wildman–Crippen MR) is 80.6 cm³/mol. The monoisotopic (exact) mass is 309 g/mol. The van der Waals surface area contributed by atoms with Gasteiger partial charge in [0, 0.05) is 12.1 Å². The summed E-state index contributed by atoms with van der Waals surface area (Å²) in [6, 6.07) is 5.99. The van der Waals surface area contributed by atoms with Crippen LogP contribution in [0.3, 0.4) is 0 Å². The van der Waals surface area contributed by atoms with Gasteiger partial charge in [-0.05, 0) is 30.0 Å². The summed E-state index contributed by atoms with van der Waals surface area (Å²) in [7, 11) is 1.57. The number of fused-ring (bicyclic) bond motifs is 1.